The van der Waals surface area contributed by atoms with Gasteiger partial charge >= 0.3 is 0 Å². The van der Waals surface area contributed by atoms with Crippen molar-refractivity contribution in [3.63, 3.8) is 0 Å². The van der Waals surface area contributed by atoms with Gasteiger partial charge in [-0.15, -0.1) is 0 Å². The summed E-state index contributed by atoms with van der Waals surface area (Å²) in [7, 11) is 0. The number of rotatable bonds is 4. The van der Waals surface area contributed by atoms with E-state index in [9.17, 15) is 0 Å². The number of nitrogens with one attached hydrogen (secondary N) is 1. The Labute approximate surface area is 109 Å². The van der Waals surface area contributed by atoms with E-state index in [4.69, 9.17) is 5.73 Å². The van der Waals surface area contributed by atoms with Gasteiger partial charge in [0.05, 0.1) is 0 Å². The van der Waals surface area contributed by atoms with Crippen LogP contribution in [0.15, 0.2) is 48.5 Å². The van der Waals surface area contributed by atoms with Gasteiger partial charge in [0.1, 0.15) is 0 Å². The molecule has 0 amide bonds. The van der Waals surface area contributed by atoms with Crippen molar-refractivity contribution in [2.24, 2.45) is 0 Å². The number of nitrogen functional groups attached to an aromatic ring is 1. The van der Waals surface area contributed by atoms with E-state index in [1.165, 1.54) is 11.1 Å². The smallest absolute Gasteiger partial charge is 0.0362 e. The quantitative estimate of drug-likeness (QED) is 0.803. The third-order valence-corrected chi connectivity index (χ3v) is 3.32. The predicted molar refractivity (Wildman–Crippen MR) is 77.3 cm³/mol. The van der Waals surface area contributed by atoms with Crippen LogP contribution in [0, 0.1) is 6.92 Å². The zero-order chi connectivity index (χ0) is 13.0. The minimum absolute atomic E-state index is 0.255. The maximum atomic E-state index is 5.98. The summed E-state index contributed by atoms with van der Waals surface area (Å²) in [4.78, 5) is 0. The lowest BCUT2D eigenvalue weighted by Crippen LogP contribution is -2.19. The first-order valence-electron chi connectivity index (χ1n) is 6.31. The molecule has 0 saturated carbocycles. The van der Waals surface area contributed by atoms with E-state index in [-0.39, 0.29) is 6.04 Å². The number of hydrogen-bond donors (Lipinski definition) is 2. The minimum Gasteiger partial charge on any atom is -0.398 e. The first-order chi connectivity index (χ1) is 8.68. The summed E-state index contributed by atoms with van der Waals surface area (Å²) >= 11 is 0. The molecule has 0 aliphatic heterocycles. The van der Waals surface area contributed by atoms with Crippen molar-refractivity contribution in [3.8, 4) is 0 Å². The second kappa shape index (κ2) is 5.69. The molecule has 0 bridgehead atoms. The number of anilines is 1. The first-order valence-corrected chi connectivity index (χ1v) is 6.31. The van der Waals surface area contributed by atoms with Crippen LogP contribution in [0.3, 0.4) is 0 Å². The van der Waals surface area contributed by atoms with E-state index in [1.54, 1.807) is 0 Å². The van der Waals surface area contributed by atoms with Gasteiger partial charge in [-0.3, -0.25) is 0 Å². The Bertz CT molecular complexity index is 520. The van der Waals surface area contributed by atoms with Crippen LogP contribution in [-0.4, -0.2) is 0 Å². The summed E-state index contributed by atoms with van der Waals surface area (Å²) in [5, 5.41) is 3.52. The summed E-state index contributed by atoms with van der Waals surface area (Å²) < 4.78 is 0. The number of aryl methyl sites for hydroxylation is 1. The first kappa shape index (κ1) is 12.7. The van der Waals surface area contributed by atoms with Gasteiger partial charge in [0, 0.05) is 18.3 Å². The molecule has 0 aromatic heterocycles. The summed E-state index contributed by atoms with van der Waals surface area (Å²) in [6, 6.07) is 16.7. The molecule has 0 radical (unpaired) electrons. The van der Waals surface area contributed by atoms with Gasteiger partial charge in [0.15, 0.2) is 0 Å². The monoisotopic (exact) mass is 240 g/mol. The lowest BCUT2D eigenvalue weighted by atomic mass is 10.0. The van der Waals surface area contributed by atoms with Crippen molar-refractivity contribution in [1.82, 2.24) is 5.32 Å². The Hall–Kier alpha value is -1.80. The highest BCUT2D eigenvalue weighted by molar-refractivity contribution is 5.47. The van der Waals surface area contributed by atoms with E-state index in [2.05, 4.69) is 49.5 Å². The average molecular weight is 240 g/mol. The topological polar surface area (TPSA) is 38.0 Å². The van der Waals surface area contributed by atoms with Crippen LogP contribution >= 0.6 is 0 Å². The molecule has 0 saturated heterocycles. The van der Waals surface area contributed by atoms with Crippen molar-refractivity contribution >= 4 is 5.69 Å². The maximum absolute atomic E-state index is 5.98. The zero-order valence-corrected chi connectivity index (χ0v) is 11.0. The van der Waals surface area contributed by atoms with Crippen LogP contribution in [0.25, 0.3) is 0 Å². The summed E-state index contributed by atoms with van der Waals surface area (Å²) in [5.41, 5.74) is 10.6. The molecular formula is C16H20N2. The Morgan fingerprint density at radius 3 is 2.44 bits per heavy atom. The molecule has 2 rings (SSSR count). The van der Waals surface area contributed by atoms with Gasteiger partial charge < -0.3 is 11.1 Å². The van der Waals surface area contributed by atoms with E-state index in [1.807, 2.05) is 18.2 Å². The molecule has 2 heteroatoms. The Balaban J connectivity index is 2.03. The molecular weight excluding hydrogens is 220 g/mol. The second-order valence-electron chi connectivity index (χ2n) is 4.66. The predicted octanol–water partition coefficient (Wildman–Crippen LogP) is 3.43. The third-order valence-electron chi connectivity index (χ3n) is 3.32. The second-order valence-corrected chi connectivity index (χ2v) is 4.66. The van der Waals surface area contributed by atoms with Gasteiger partial charge in [-0.2, -0.15) is 0 Å². The molecule has 0 spiro atoms. The third kappa shape index (κ3) is 2.90. The molecule has 18 heavy (non-hydrogen) atoms. The van der Waals surface area contributed by atoms with Gasteiger partial charge in [-0.05, 0) is 36.6 Å². The van der Waals surface area contributed by atoms with Crippen LogP contribution in [0.4, 0.5) is 5.69 Å². The molecule has 0 aliphatic rings. The lowest BCUT2D eigenvalue weighted by molar-refractivity contribution is 0.575. The van der Waals surface area contributed by atoms with Crippen molar-refractivity contribution < 1.29 is 0 Å². The molecule has 0 fully saturated rings. The van der Waals surface area contributed by atoms with Crippen LogP contribution < -0.4 is 11.1 Å². The number of hydrogen-bond acceptors (Lipinski definition) is 2. The molecule has 0 aliphatic carbocycles. The Kier molecular flexibility index (Phi) is 4.00. The van der Waals surface area contributed by atoms with Gasteiger partial charge in [0.2, 0.25) is 0 Å². The highest BCUT2D eigenvalue weighted by atomic mass is 14.9. The van der Waals surface area contributed by atoms with E-state index >= 15 is 0 Å². The molecule has 2 aromatic carbocycles. The summed E-state index contributed by atoms with van der Waals surface area (Å²) in [5.74, 6) is 0. The zero-order valence-electron chi connectivity index (χ0n) is 11.0. The molecule has 3 N–H and O–H groups in total. The molecule has 1 atom stereocenters. The standard InChI is InChI=1S/C16H20N2/c1-12-7-3-4-8-14(12)11-18-13(2)15-9-5-6-10-16(15)17/h3-10,13,18H,11,17H2,1-2H3. The number of nitrogens with two attached hydrogens (primary N) is 1. The van der Waals surface area contributed by atoms with E-state index in [0.717, 1.165) is 17.8 Å². The molecule has 2 nitrogen and oxygen atoms in total. The highest BCUT2D eigenvalue weighted by Crippen LogP contribution is 2.20. The fourth-order valence-corrected chi connectivity index (χ4v) is 2.09. The summed E-state index contributed by atoms with van der Waals surface area (Å²) in [6.45, 7) is 5.14. The largest absolute Gasteiger partial charge is 0.398 e. The fourth-order valence-electron chi connectivity index (χ4n) is 2.09. The normalized spacial score (nSPS) is 12.3. The Morgan fingerprint density at radius 2 is 1.72 bits per heavy atom. The highest BCUT2D eigenvalue weighted by Gasteiger charge is 2.08. The lowest BCUT2D eigenvalue weighted by Gasteiger charge is -2.17. The van der Waals surface area contributed by atoms with Crippen LogP contribution in [-0.2, 0) is 6.54 Å². The molecule has 2 aromatic rings. The number of benzene rings is 2. The van der Waals surface area contributed by atoms with Crippen molar-refractivity contribution in [2.75, 3.05) is 5.73 Å². The van der Waals surface area contributed by atoms with Gasteiger partial charge in [-0.25, -0.2) is 0 Å². The van der Waals surface area contributed by atoms with Crippen molar-refractivity contribution in [1.29, 1.82) is 0 Å². The van der Waals surface area contributed by atoms with E-state index < -0.39 is 0 Å². The van der Waals surface area contributed by atoms with Crippen LogP contribution in [0.1, 0.15) is 29.7 Å². The van der Waals surface area contributed by atoms with Gasteiger partial charge in [-0.1, -0.05) is 42.5 Å². The maximum Gasteiger partial charge on any atom is 0.0362 e. The number of para-hydroxylation sites is 1. The minimum atomic E-state index is 0.255. The summed E-state index contributed by atoms with van der Waals surface area (Å²) in [6.07, 6.45) is 0. The van der Waals surface area contributed by atoms with E-state index in [0.29, 0.717) is 0 Å². The van der Waals surface area contributed by atoms with Gasteiger partial charge in [0.25, 0.3) is 0 Å². The average Bonchev–Trinajstić information content (AvgIpc) is 2.38. The Morgan fingerprint density at radius 1 is 1.06 bits per heavy atom. The molecule has 94 valence electrons. The molecule has 0 heterocycles. The van der Waals surface area contributed by atoms with Crippen LogP contribution in [0.5, 0.6) is 0 Å². The SMILES string of the molecule is Cc1ccccc1CNC(C)c1ccccc1N. The molecule has 1 unspecified atom stereocenters. The van der Waals surface area contributed by atoms with Crippen molar-refractivity contribution in [2.45, 2.75) is 26.4 Å². The fraction of sp³-hybridized carbons (Fsp3) is 0.250. The van der Waals surface area contributed by atoms with Crippen LogP contribution in [0.2, 0.25) is 0 Å². The van der Waals surface area contributed by atoms with Crippen molar-refractivity contribution in [3.05, 3.63) is 65.2 Å².